The minimum absolute atomic E-state index is 0.0343. The van der Waals surface area contributed by atoms with E-state index < -0.39 is 11.8 Å². The highest BCUT2D eigenvalue weighted by molar-refractivity contribution is 5.89. The maximum Gasteiger partial charge on any atom is 0.409 e. The fraction of sp³-hybridized carbons (Fsp3) is 0.250. The smallest absolute Gasteiger partial charge is 0.409 e. The van der Waals surface area contributed by atoms with Crippen LogP contribution in [0.15, 0.2) is 60.7 Å². The van der Waals surface area contributed by atoms with Gasteiger partial charge in [0.05, 0.1) is 30.3 Å². The molecule has 8 heteroatoms. The van der Waals surface area contributed by atoms with Crippen molar-refractivity contribution in [2.75, 3.05) is 13.7 Å². The SMILES string of the molecule is COC(=O)N1CCc2ccc3c(nc(-c4ccc(C(=O)O)c(F)c4)n3[C@@H](C)Cc3ccccc3)c2C1. The van der Waals surface area contributed by atoms with E-state index in [0.29, 0.717) is 30.9 Å². The van der Waals surface area contributed by atoms with Crippen LogP contribution in [0.25, 0.3) is 22.4 Å². The largest absolute Gasteiger partial charge is 0.478 e. The molecule has 4 aromatic rings. The second-order valence-electron chi connectivity index (χ2n) is 9.06. The van der Waals surface area contributed by atoms with Crippen molar-refractivity contribution in [1.29, 1.82) is 0 Å². The van der Waals surface area contributed by atoms with Gasteiger partial charge in [0.15, 0.2) is 0 Å². The van der Waals surface area contributed by atoms with Crippen LogP contribution >= 0.6 is 0 Å². The number of amides is 1. The molecular weight excluding hydrogens is 461 g/mol. The number of nitrogens with zero attached hydrogens (tertiary/aromatic N) is 3. The van der Waals surface area contributed by atoms with Gasteiger partial charge in [-0.1, -0.05) is 42.5 Å². The van der Waals surface area contributed by atoms with Crippen molar-refractivity contribution >= 4 is 23.1 Å². The molecule has 1 amide bonds. The molecule has 0 saturated carbocycles. The molecule has 1 aliphatic rings. The fourth-order valence-corrected chi connectivity index (χ4v) is 5.00. The third-order valence-electron chi connectivity index (χ3n) is 6.77. The van der Waals surface area contributed by atoms with Gasteiger partial charge in [-0.05, 0) is 49.1 Å². The molecule has 184 valence electrons. The first-order valence-electron chi connectivity index (χ1n) is 11.8. The number of methoxy groups -OCH3 is 1. The van der Waals surface area contributed by atoms with Gasteiger partial charge in [-0.15, -0.1) is 0 Å². The number of benzene rings is 3. The minimum Gasteiger partial charge on any atom is -0.478 e. The van der Waals surface area contributed by atoms with E-state index in [4.69, 9.17) is 9.72 Å². The van der Waals surface area contributed by atoms with Gasteiger partial charge in [0.1, 0.15) is 11.6 Å². The zero-order chi connectivity index (χ0) is 25.4. The Hall–Kier alpha value is -4.20. The van der Waals surface area contributed by atoms with E-state index >= 15 is 0 Å². The van der Waals surface area contributed by atoms with E-state index in [2.05, 4.69) is 29.7 Å². The van der Waals surface area contributed by atoms with Gasteiger partial charge in [-0.25, -0.2) is 19.0 Å². The zero-order valence-corrected chi connectivity index (χ0v) is 20.1. The summed E-state index contributed by atoms with van der Waals surface area (Å²) in [5.74, 6) is -1.58. The van der Waals surface area contributed by atoms with Crippen molar-refractivity contribution in [1.82, 2.24) is 14.5 Å². The van der Waals surface area contributed by atoms with E-state index in [9.17, 15) is 19.1 Å². The lowest BCUT2D eigenvalue weighted by atomic mass is 9.98. The molecular formula is C28H26FN3O4. The van der Waals surface area contributed by atoms with Crippen LogP contribution in [0.1, 0.15) is 40.0 Å². The lowest BCUT2D eigenvalue weighted by molar-refractivity contribution is 0.0691. The molecule has 5 rings (SSSR count). The normalized spacial score (nSPS) is 13.9. The molecule has 1 atom stereocenters. The first-order chi connectivity index (χ1) is 17.4. The number of rotatable bonds is 5. The van der Waals surface area contributed by atoms with Gasteiger partial charge in [0, 0.05) is 23.7 Å². The predicted molar refractivity (Wildman–Crippen MR) is 133 cm³/mol. The number of imidazole rings is 1. The number of carbonyl (C=O) groups excluding carboxylic acids is 1. The van der Waals surface area contributed by atoms with Crippen molar-refractivity contribution in [3.05, 3.63) is 88.7 Å². The van der Waals surface area contributed by atoms with E-state index in [1.807, 2.05) is 24.3 Å². The molecule has 7 nitrogen and oxygen atoms in total. The Bertz CT molecular complexity index is 1460. The maximum absolute atomic E-state index is 14.7. The number of aromatic carboxylic acids is 1. The summed E-state index contributed by atoms with van der Waals surface area (Å²) in [5.41, 5.74) is 4.94. The number of carboxylic acids is 1. The molecule has 3 aromatic carbocycles. The molecule has 0 aliphatic carbocycles. The summed E-state index contributed by atoms with van der Waals surface area (Å²) in [6, 6.07) is 18.2. The van der Waals surface area contributed by atoms with Crippen LogP contribution < -0.4 is 0 Å². The number of carboxylic acid groups (broad SMARTS) is 1. The van der Waals surface area contributed by atoms with Gasteiger partial charge >= 0.3 is 12.1 Å². The minimum atomic E-state index is -1.32. The topological polar surface area (TPSA) is 84.7 Å². The average molecular weight is 488 g/mol. The first kappa shape index (κ1) is 23.5. The summed E-state index contributed by atoms with van der Waals surface area (Å²) in [6.45, 7) is 3.01. The van der Waals surface area contributed by atoms with Gasteiger partial charge in [-0.2, -0.15) is 0 Å². The van der Waals surface area contributed by atoms with E-state index in [1.54, 1.807) is 11.0 Å². The molecule has 2 heterocycles. The van der Waals surface area contributed by atoms with Gasteiger partial charge in [-0.3, -0.25) is 0 Å². The Morgan fingerprint density at radius 1 is 1.14 bits per heavy atom. The Labute approximate surface area is 207 Å². The molecule has 0 radical (unpaired) electrons. The molecule has 0 unspecified atom stereocenters. The van der Waals surface area contributed by atoms with Crippen LogP contribution in [-0.2, 0) is 24.1 Å². The van der Waals surface area contributed by atoms with Crippen molar-refractivity contribution in [3.63, 3.8) is 0 Å². The average Bonchev–Trinajstić information content (AvgIpc) is 3.28. The van der Waals surface area contributed by atoms with Crippen molar-refractivity contribution < 1.29 is 23.8 Å². The fourth-order valence-electron chi connectivity index (χ4n) is 5.00. The summed E-state index contributed by atoms with van der Waals surface area (Å²) in [5, 5.41) is 9.27. The number of ether oxygens (including phenoxy) is 1. The quantitative estimate of drug-likeness (QED) is 0.404. The Balaban J connectivity index is 1.68. The Kier molecular flexibility index (Phi) is 6.18. The summed E-state index contributed by atoms with van der Waals surface area (Å²) in [7, 11) is 1.37. The van der Waals surface area contributed by atoms with Crippen LogP contribution in [0, 0.1) is 5.82 Å². The molecule has 36 heavy (non-hydrogen) atoms. The van der Waals surface area contributed by atoms with Crippen LogP contribution in [0.3, 0.4) is 0 Å². The highest BCUT2D eigenvalue weighted by atomic mass is 19.1. The van der Waals surface area contributed by atoms with Crippen molar-refractivity contribution in [2.45, 2.75) is 32.4 Å². The molecule has 0 bridgehead atoms. The molecule has 1 aromatic heterocycles. The van der Waals surface area contributed by atoms with Crippen LogP contribution in [0.4, 0.5) is 9.18 Å². The van der Waals surface area contributed by atoms with Crippen LogP contribution in [-0.4, -0.2) is 45.3 Å². The van der Waals surface area contributed by atoms with Crippen LogP contribution in [0.2, 0.25) is 0 Å². The first-order valence-corrected chi connectivity index (χ1v) is 11.8. The highest BCUT2D eigenvalue weighted by Crippen LogP contribution is 2.35. The molecule has 0 fully saturated rings. The standard InChI is InChI=1S/C28H26FN3O4/c1-17(14-18-6-4-3-5-7-18)32-24-11-9-19-12-13-31(28(35)36-2)16-22(19)25(24)30-26(32)20-8-10-21(27(33)34)23(29)15-20/h3-11,15,17H,12-14,16H2,1-2H3,(H,33,34)/t17-/m0/s1. The van der Waals surface area contributed by atoms with E-state index in [1.165, 1.54) is 19.2 Å². The number of hydrogen-bond donors (Lipinski definition) is 1. The monoisotopic (exact) mass is 487 g/mol. The number of carbonyl (C=O) groups is 2. The molecule has 0 spiro atoms. The zero-order valence-electron chi connectivity index (χ0n) is 20.1. The van der Waals surface area contributed by atoms with Crippen LogP contribution in [0.5, 0.6) is 0 Å². The maximum atomic E-state index is 14.7. The second kappa shape index (κ2) is 9.45. The Morgan fingerprint density at radius 3 is 2.61 bits per heavy atom. The third-order valence-corrected chi connectivity index (χ3v) is 6.77. The molecule has 1 aliphatic heterocycles. The van der Waals surface area contributed by atoms with Gasteiger partial charge < -0.3 is 19.3 Å². The summed E-state index contributed by atoms with van der Waals surface area (Å²) < 4.78 is 21.7. The molecule has 1 N–H and O–H groups in total. The number of aromatic nitrogens is 2. The van der Waals surface area contributed by atoms with Gasteiger partial charge in [0.25, 0.3) is 0 Å². The predicted octanol–water partition coefficient (Wildman–Crippen LogP) is 5.47. The third kappa shape index (κ3) is 4.19. The number of hydrogen-bond acceptors (Lipinski definition) is 4. The second-order valence-corrected chi connectivity index (χ2v) is 9.06. The van der Waals surface area contributed by atoms with Gasteiger partial charge in [0.2, 0.25) is 0 Å². The van der Waals surface area contributed by atoms with E-state index in [-0.39, 0.29) is 17.7 Å². The number of halogens is 1. The lowest BCUT2D eigenvalue weighted by Gasteiger charge is -2.28. The van der Waals surface area contributed by atoms with E-state index in [0.717, 1.165) is 34.1 Å². The summed E-state index contributed by atoms with van der Waals surface area (Å²) >= 11 is 0. The lowest BCUT2D eigenvalue weighted by Crippen LogP contribution is -2.35. The Morgan fingerprint density at radius 2 is 1.92 bits per heavy atom. The summed E-state index contributed by atoms with van der Waals surface area (Å²) in [4.78, 5) is 30.2. The summed E-state index contributed by atoms with van der Waals surface area (Å²) in [6.07, 6.45) is 1.02. The van der Waals surface area contributed by atoms with Crippen molar-refractivity contribution in [3.8, 4) is 11.4 Å². The highest BCUT2D eigenvalue weighted by Gasteiger charge is 2.27. The number of fused-ring (bicyclic) bond motifs is 3. The molecule has 0 saturated heterocycles. The van der Waals surface area contributed by atoms with Crippen molar-refractivity contribution in [2.24, 2.45) is 0 Å².